The minimum Gasteiger partial charge on any atom is -0.496 e. The van der Waals surface area contributed by atoms with Crippen molar-refractivity contribution >= 4 is 5.78 Å². The van der Waals surface area contributed by atoms with E-state index in [1.807, 2.05) is 0 Å². The minimum atomic E-state index is -0.0395. The Hall–Kier alpha value is -1.35. The number of benzene rings is 1. The number of carbonyl (C=O) groups excluding carboxylic acids is 1. The molecule has 1 aliphatic carbocycles. The van der Waals surface area contributed by atoms with Gasteiger partial charge in [0.2, 0.25) is 0 Å². The first kappa shape index (κ1) is 14.1. The third kappa shape index (κ3) is 2.98. The van der Waals surface area contributed by atoms with E-state index in [0.29, 0.717) is 24.5 Å². The number of Topliss-reactive ketones (excluding diaryl/α,β-unsaturated/α-hetero) is 1. The molecule has 0 aliphatic heterocycles. The molecule has 1 atom stereocenters. The largest absolute Gasteiger partial charge is 0.496 e. The van der Waals surface area contributed by atoms with E-state index in [4.69, 9.17) is 10.5 Å². The number of aryl methyl sites for hydroxylation is 2. The van der Waals surface area contributed by atoms with Gasteiger partial charge in [0.25, 0.3) is 0 Å². The van der Waals surface area contributed by atoms with E-state index in [2.05, 4.69) is 26.0 Å². The maximum atomic E-state index is 11.3. The fourth-order valence-electron chi connectivity index (χ4n) is 2.82. The van der Waals surface area contributed by atoms with E-state index in [0.717, 1.165) is 24.2 Å². The lowest BCUT2D eigenvalue weighted by atomic mass is 9.80. The third-order valence-corrected chi connectivity index (χ3v) is 4.30. The zero-order valence-electron chi connectivity index (χ0n) is 12.0. The summed E-state index contributed by atoms with van der Waals surface area (Å²) in [7, 11) is 1.69. The molecule has 1 aliphatic rings. The highest BCUT2D eigenvalue weighted by Crippen LogP contribution is 2.36. The van der Waals surface area contributed by atoms with Crippen LogP contribution in [0.5, 0.6) is 5.75 Å². The number of ketones is 1. The number of nitrogens with two attached hydrogens (primary N) is 1. The number of hydrogen-bond donors (Lipinski definition) is 1. The molecule has 1 unspecified atom stereocenters. The third-order valence-electron chi connectivity index (χ3n) is 4.30. The van der Waals surface area contributed by atoms with Crippen LogP contribution in [-0.2, 0) is 4.79 Å². The first-order valence-electron chi connectivity index (χ1n) is 6.95. The summed E-state index contributed by atoms with van der Waals surface area (Å²) < 4.78 is 5.47. The monoisotopic (exact) mass is 261 g/mol. The number of hydrogen-bond acceptors (Lipinski definition) is 3. The summed E-state index contributed by atoms with van der Waals surface area (Å²) in [6, 6.07) is 4.15. The normalized spacial score (nSPS) is 18.4. The van der Waals surface area contributed by atoms with Crippen molar-refractivity contribution in [3.05, 3.63) is 28.8 Å². The fourth-order valence-corrected chi connectivity index (χ4v) is 2.82. The smallest absolute Gasteiger partial charge is 0.132 e. The lowest BCUT2D eigenvalue weighted by molar-refractivity contribution is -0.121. The van der Waals surface area contributed by atoms with E-state index in [-0.39, 0.29) is 6.04 Å². The maximum absolute atomic E-state index is 11.3. The minimum absolute atomic E-state index is 0.0395. The van der Waals surface area contributed by atoms with Crippen molar-refractivity contribution < 1.29 is 9.53 Å². The molecule has 1 fully saturated rings. The second kappa shape index (κ2) is 5.74. The van der Waals surface area contributed by atoms with Gasteiger partial charge < -0.3 is 10.5 Å². The second-order valence-corrected chi connectivity index (χ2v) is 5.58. The average Bonchev–Trinajstić information content (AvgIpc) is 2.41. The van der Waals surface area contributed by atoms with Crippen LogP contribution in [0.1, 0.15) is 48.4 Å². The van der Waals surface area contributed by atoms with E-state index in [1.54, 1.807) is 7.11 Å². The summed E-state index contributed by atoms with van der Waals surface area (Å²) in [5.74, 6) is 1.62. The van der Waals surface area contributed by atoms with Gasteiger partial charge >= 0.3 is 0 Å². The molecule has 0 bridgehead atoms. The highest BCUT2D eigenvalue weighted by molar-refractivity contribution is 5.79. The maximum Gasteiger partial charge on any atom is 0.132 e. The zero-order valence-corrected chi connectivity index (χ0v) is 12.0. The first-order chi connectivity index (χ1) is 9.02. The predicted octanol–water partition coefficient (Wildman–Crippen LogP) is 3.07. The van der Waals surface area contributed by atoms with Crippen molar-refractivity contribution in [3.8, 4) is 5.75 Å². The van der Waals surface area contributed by atoms with Gasteiger partial charge in [-0.3, -0.25) is 4.79 Å². The van der Waals surface area contributed by atoms with Gasteiger partial charge in [0.05, 0.1) is 7.11 Å². The van der Waals surface area contributed by atoms with Gasteiger partial charge in [-0.25, -0.2) is 0 Å². The predicted molar refractivity (Wildman–Crippen MR) is 76.4 cm³/mol. The van der Waals surface area contributed by atoms with Gasteiger partial charge in [-0.15, -0.1) is 0 Å². The Kier molecular flexibility index (Phi) is 4.25. The molecule has 3 nitrogen and oxygen atoms in total. The number of carbonyl (C=O) groups is 1. The molecule has 0 spiro atoms. The Labute approximate surface area is 115 Å². The van der Waals surface area contributed by atoms with Gasteiger partial charge in [-0.05, 0) is 49.8 Å². The molecule has 1 aromatic rings. The van der Waals surface area contributed by atoms with Gasteiger partial charge in [-0.1, -0.05) is 6.07 Å². The van der Waals surface area contributed by atoms with Crippen LogP contribution < -0.4 is 10.5 Å². The van der Waals surface area contributed by atoms with Crippen LogP contribution in [0.3, 0.4) is 0 Å². The van der Waals surface area contributed by atoms with Crippen molar-refractivity contribution in [2.75, 3.05) is 7.11 Å². The van der Waals surface area contributed by atoms with Crippen LogP contribution in [0.25, 0.3) is 0 Å². The Balaban J connectivity index is 2.25. The van der Waals surface area contributed by atoms with Gasteiger partial charge in [0, 0.05) is 24.4 Å². The topological polar surface area (TPSA) is 52.3 Å². The van der Waals surface area contributed by atoms with Crippen molar-refractivity contribution in [3.63, 3.8) is 0 Å². The molecule has 3 heteroatoms. The summed E-state index contributed by atoms with van der Waals surface area (Å²) in [4.78, 5) is 11.3. The molecule has 0 radical (unpaired) electrons. The van der Waals surface area contributed by atoms with Gasteiger partial charge in [-0.2, -0.15) is 0 Å². The highest BCUT2D eigenvalue weighted by atomic mass is 16.5. The lowest BCUT2D eigenvalue weighted by Crippen LogP contribution is -2.26. The molecule has 0 heterocycles. The molecule has 0 aromatic heterocycles. The number of ether oxygens (including phenoxy) is 1. The summed E-state index contributed by atoms with van der Waals surface area (Å²) >= 11 is 0. The van der Waals surface area contributed by atoms with Crippen molar-refractivity contribution in [2.45, 2.75) is 45.6 Å². The standard InChI is InChI=1S/C16H23NO2/c1-10-8-14(15(19-3)9-11(10)2)16(17)12-4-6-13(18)7-5-12/h8-9,12,16H,4-7,17H2,1-3H3. The molecular formula is C16H23NO2. The van der Waals surface area contributed by atoms with E-state index in [9.17, 15) is 4.79 Å². The van der Waals surface area contributed by atoms with Gasteiger partial charge in [0.1, 0.15) is 11.5 Å². The van der Waals surface area contributed by atoms with Crippen LogP contribution in [0.15, 0.2) is 12.1 Å². The van der Waals surface area contributed by atoms with Crippen molar-refractivity contribution in [2.24, 2.45) is 11.7 Å². The summed E-state index contributed by atoms with van der Waals surface area (Å²) in [6.45, 7) is 4.17. The Bertz CT molecular complexity index is 472. The summed E-state index contributed by atoms with van der Waals surface area (Å²) in [6.07, 6.45) is 3.14. The summed E-state index contributed by atoms with van der Waals surface area (Å²) in [5, 5.41) is 0. The van der Waals surface area contributed by atoms with E-state index >= 15 is 0 Å². The molecule has 1 aromatic carbocycles. The molecule has 104 valence electrons. The Morgan fingerprint density at radius 3 is 2.37 bits per heavy atom. The fraction of sp³-hybridized carbons (Fsp3) is 0.562. The van der Waals surface area contributed by atoms with Crippen LogP contribution in [-0.4, -0.2) is 12.9 Å². The van der Waals surface area contributed by atoms with Crippen LogP contribution in [0.2, 0.25) is 0 Å². The summed E-state index contributed by atoms with van der Waals surface area (Å²) in [5.41, 5.74) is 9.94. The first-order valence-corrected chi connectivity index (χ1v) is 6.95. The average molecular weight is 261 g/mol. The Morgan fingerprint density at radius 1 is 1.21 bits per heavy atom. The highest BCUT2D eigenvalue weighted by Gasteiger charge is 2.27. The molecule has 2 rings (SSSR count). The molecule has 19 heavy (non-hydrogen) atoms. The molecule has 0 amide bonds. The molecule has 0 saturated heterocycles. The zero-order chi connectivity index (χ0) is 14.0. The molecular weight excluding hydrogens is 238 g/mol. The Morgan fingerprint density at radius 2 is 1.79 bits per heavy atom. The van der Waals surface area contributed by atoms with E-state index < -0.39 is 0 Å². The molecule has 1 saturated carbocycles. The lowest BCUT2D eigenvalue weighted by Gasteiger charge is -2.28. The second-order valence-electron chi connectivity index (χ2n) is 5.58. The van der Waals surface area contributed by atoms with E-state index in [1.165, 1.54) is 11.1 Å². The van der Waals surface area contributed by atoms with Crippen LogP contribution >= 0.6 is 0 Å². The van der Waals surface area contributed by atoms with Crippen molar-refractivity contribution in [1.29, 1.82) is 0 Å². The van der Waals surface area contributed by atoms with Crippen molar-refractivity contribution in [1.82, 2.24) is 0 Å². The quantitative estimate of drug-likeness (QED) is 0.909. The SMILES string of the molecule is COc1cc(C)c(C)cc1C(N)C1CCC(=O)CC1. The number of methoxy groups -OCH3 is 1. The van der Waals surface area contributed by atoms with Crippen LogP contribution in [0, 0.1) is 19.8 Å². The van der Waals surface area contributed by atoms with Gasteiger partial charge in [0.15, 0.2) is 0 Å². The molecule has 2 N–H and O–H groups in total. The van der Waals surface area contributed by atoms with Crippen LogP contribution in [0.4, 0.5) is 0 Å². The number of rotatable bonds is 3.